The molecule has 164 valence electrons. The highest BCUT2D eigenvalue weighted by atomic mass is 32.2. The monoisotopic (exact) mass is 452 g/mol. The summed E-state index contributed by atoms with van der Waals surface area (Å²) in [6, 6.07) is 12.3. The predicted octanol–water partition coefficient (Wildman–Crippen LogP) is 4.47. The van der Waals surface area contributed by atoms with Crippen molar-refractivity contribution in [1.29, 1.82) is 0 Å². The minimum atomic E-state index is -0.401. The van der Waals surface area contributed by atoms with Crippen LogP contribution in [-0.4, -0.2) is 31.2 Å². The maximum absolute atomic E-state index is 13.4. The topological polar surface area (TPSA) is 110 Å². The molecule has 8 nitrogen and oxygen atoms in total. The van der Waals surface area contributed by atoms with Crippen molar-refractivity contribution in [3.05, 3.63) is 71.1 Å². The number of benzene rings is 2. The predicted molar refractivity (Wildman–Crippen MR) is 119 cm³/mol. The van der Waals surface area contributed by atoms with Crippen LogP contribution in [0.1, 0.15) is 29.3 Å². The molecule has 2 aromatic carbocycles. The molecule has 0 radical (unpaired) electrons. The highest BCUT2D eigenvalue weighted by Gasteiger charge is 2.13. The molecule has 0 fully saturated rings. The van der Waals surface area contributed by atoms with Crippen molar-refractivity contribution in [2.24, 2.45) is 0 Å². The van der Waals surface area contributed by atoms with Gasteiger partial charge in [0.15, 0.2) is 11.6 Å². The van der Waals surface area contributed by atoms with Crippen LogP contribution in [0.5, 0.6) is 0 Å². The third-order valence-electron chi connectivity index (χ3n) is 4.67. The van der Waals surface area contributed by atoms with Crippen LogP contribution < -0.4 is 5.32 Å². The molecule has 32 heavy (non-hydrogen) atoms. The van der Waals surface area contributed by atoms with Gasteiger partial charge in [0, 0.05) is 24.1 Å². The second-order valence-corrected chi connectivity index (χ2v) is 8.18. The lowest BCUT2D eigenvalue weighted by Crippen LogP contribution is -2.13. The molecule has 2 aromatic heterocycles. The number of carbonyl (C=O) groups excluding carboxylic acids is 1. The maximum atomic E-state index is 13.4. The smallest absolute Gasteiger partial charge is 0.227 e. The van der Waals surface area contributed by atoms with E-state index in [1.54, 1.807) is 13.0 Å². The molecule has 0 atom stereocenters. The third kappa shape index (κ3) is 5.58. The molecule has 0 saturated heterocycles. The summed E-state index contributed by atoms with van der Waals surface area (Å²) < 4.78 is 18.6. The zero-order valence-electron chi connectivity index (χ0n) is 17.6. The molecule has 0 unspecified atom stereocenters. The molecular weight excluding hydrogens is 431 g/mol. The fraction of sp³-hybridized carbons (Fsp3) is 0.227. The van der Waals surface area contributed by atoms with Gasteiger partial charge in [0.05, 0.1) is 5.75 Å². The Morgan fingerprint density at radius 2 is 1.97 bits per heavy atom. The van der Waals surface area contributed by atoms with Gasteiger partial charge in [-0.1, -0.05) is 52.8 Å². The van der Waals surface area contributed by atoms with Crippen molar-refractivity contribution in [3.8, 4) is 11.4 Å². The number of anilines is 1. The number of hydrogen-bond donors (Lipinski definition) is 2. The number of nitrogens with zero attached hydrogens (tertiary/aromatic N) is 4. The summed E-state index contributed by atoms with van der Waals surface area (Å²) in [5.74, 6) is 1.33. The molecule has 0 aliphatic carbocycles. The first kappa shape index (κ1) is 21.7. The summed E-state index contributed by atoms with van der Waals surface area (Å²) in [6.45, 7) is 3.83. The van der Waals surface area contributed by atoms with E-state index >= 15 is 0 Å². The van der Waals surface area contributed by atoms with Gasteiger partial charge in [-0.05, 0) is 31.5 Å². The summed E-state index contributed by atoms with van der Waals surface area (Å²) in [6.07, 6.45) is 0.432. The van der Waals surface area contributed by atoms with Gasteiger partial charge in [0.1, 0.15) is 5.82 Å². The van der Waals surface area contributed by atoms with Crippen LogP contribution in [0.25, 0.3) is 11.4 Å². The Morgan fingerprint density at radius 3 is 2.78 bits per heavy atom. The van der Waals surface area contributed by atoms with Gasteiger partial charge in [-0.3, -0.25) is 9.89 Å². The largest absolute Gasteiger partial charge is 0.339 e. The van der Waals surface area contributed by atoms with Gasteiger partial charge in [0.25, 0.3) is 0 Å². The van der Waals surface area contributed by atoms with E-state index in [2.05, 4.69) is 30.6 Å². The van der Waals surface area contributed by atoms with E-state index in [1.807, 2.05) is 31.2 Å². The highest BCUT2D eigenvalue weighted by Crippen LogP contribution is 2.22. The van der Waals surface area contributed by atoms with Crippen molar-refractivity contribution >= 4 is 23.4 Å². The SMILES string of the molecule is Cc1ccc(-c2nc(SCc3noc(CCC(=O)Nc4cc(F)ccc4C)n3)n[nH]2)cc1. The molecule has 1 amide bonds. The summed E-state index contributed by atoms with van der Waals surface area (Å²) in [7, 11) is 0. The molecule has 0 aliphatic heterocycles. The number of carbonyl (C=O) groups is 1. The van der Waals surface area contributed by atoms with E-state index in [9.17, 15) is 9.18 Å². The number of amides is 1. The van der Waals surface area contributed by atoms with Crippen LogP contribution in [0.2, 0.25) is 0 Å². The van der Waals surface area contributed by atoms with Crippen LogP contribution >= 0.6 is 11.8 Å². The molecule has 4 aromatic rings. The molecule has 2 N–H and O–H groups in total. The number of aromatic nitrogens is 5. The Balaban J connectivity index is 1.26. The molecule has 4 rings (SSSR count). The summed E-state index contributed by atoms with van der Waals surface area (Å²) in [5.41, 5.74) is 3.38. The standard InChI is InChI=1S/C22H21FN6O2S/c1-13-3-6-15(7-4-13)21-26-22(28-27-21)32-12-18-25-20(31-29-18)10-9-19(30)24-17-11-16(23)8-5-14(17)2/h3-8,11H,9-10,12H2,1-2H3,(H,24,30)(H,26,27,28). The van der Waals surface area contributed by atoms with Gasteiger partial charge >= 0.3 is 0 Å². The quantitative estimate of drug-likeness (QED) is 0.380. The first-order valence-corrected chi connectivity index (χ1v) is 10.9. The van der Waals surface area contributed by atoms with Crippen LogP contribution in [0.15, 0.2) is 52.1 Å². The van der Waals surface area contributed by atoms with Crippen molar-refractivity contribution in [2.45, 2.75) is 37.6 Å². The number of hydrogen-bond acceptors (Lipinski definition) is 7. The molecule has 2 heterocycles. The second-order valence-electron chi connectivity index (χ2n) is 7.23. The maximum Gasteiger partial charge on any atom is 0.227 e. The molecule has 0 bridgehead atoms. The fourth-order valence-corrected chi connectivity index (χ4v) is 3.53. The number of H-pyrrole nitrogens is 1. The number of aromatic amines is 1. The lowest BCUT2D eigenvalue weighted by Gasteiger charge is -2.07. The van der Waals surface area contributed by atoms with Gasteiger partial charge in [-0.25, -0.2) is 9.37 Å². The second kappa shape index (κ2) is 9.73. The zero-order valence-corrected chi connectivity index (χ0v) is 18.4. The van der Waals surface area contributed by atoms with Crippen LogP contribution in [0.3, 0.4) is 0 Å². The normalized spacial score (nSPS) is 11.0. The van der Waals surface area contributed by atoms with Gasteiger partial charge in [-0.15, -0.1) is 5.10 Å². The van der Waals surface area contributed by atoms with Crippen molar-refractivity contribution < 1.29 is 13.7 Å². The Labute approximate surface area is 188 Å². The molecule has 10 heteroatoms. The van der Waals surface area contributed by atoms with Crippen LogP contribution in [0.4, 0.5) is 10.1 Å². The zero-order chi connectivity index (χ0) is 22.5. The summed E-state index contributed by atoms with van der Waals surface area (Å²) >= 11 is 1.38. The lowest BCUT2D eigenvalue weighted by molar-refractivity contribution is -0.116. The van der Waals surface area contributed by atoms with E-state index in [1.165, 1.54) is 29.5 Å². The Hall–Kier alpha value is -3.53. The van der Waals surface area contributed by atoms with Crippen molar-refractivity contribution in [1.82, 2.24) is 25.3 Å². The van der Waals surface area contributed by atoms with Crippen LogP contribution in [-0.2, 0) is 17.0 Å². The number of rotatable bonds is 8. The number of aryl methyl sites for hydroxylation is 3. The van der Waals surface area contributed by atoms with Gasteiger partial charge in [-0.2, -0.15) is 4.98 Å². The first-order valence-electron chi connectivity index (χ1n) is 9.96. The van der Waals surface area contributed by atoms with E-state index < -0.39 is 5.82 Å². The lowest BCUT2D eigenvalue weighted by atomic mass is 10.1. The number of thioether (sulfide) groups is 1. The Bertz CT molecular complexity index is 1220. The Kier molecular flexibility index (Phi) is 6.60. The Morgan fingerprint density at radius 1 is 1.16 bits per heavy atom. The number of halogens is 1. The fourth-order valence-electron chi connectivity index (χ4n) is 2.89. The first-order chi connectivity index (χ1) is 15.5. The molecule has 0 spiro atoms. The van der Waals surface area contributed by atoms with Crippen LogP contribution in [0, 0.1) is 19.7 Å². The minimum Gasteiger partial charge on any atom is -0.339 e. The van der Waals surface area contributed by atoms with E-state index in [0.717, 1.165) is 11.1 Å². The van der Waals surface area contributed by atoms with Gasteiger partial charge < -0.3 is 9.84 Å². The minimum absolute atomic E-state index is 0.144. The number of nitrogens with one attached hydrogen (secondary N) is 2. The van der Waals surface area contributed by atoms with Gasteiger partial charge in [0.2, 0.25) is 17.0 Å². The van der Waals surface area contributed by atoms with Crippen molar-refractivity contribution in [3.63, 3.8) is 0 Å². The van der Waals surface area contributed by atoms with E-state index in [4.69, 9.17) is 4.52 Å². The molecule has 0 saturated carbocycles. The summed E-state index contributed by atoms with van der Waals surface area (Å²) in [5, 5.41) is 14.4. The molecule has 0 aliphatic rings. The average molecular weight is 453 g/mol. The molecular formula is C22H21FN6O2S. The highest BCUT2D eigenvalue weighted by molar-refractivity contribution is 7.98. The van der Waals surface area contributed by atoms with Crippen molar-refractivity contribution in [2.75, 3.05) is 5.32 Å². The summed E-state index contributed by atoms with van der Waals surface area (Å²) in [4.78, 5) is 20.9. The average Bonchev–Trinajstić information content (AvgIpc) is 3.43. The third-order valence-corrected chi connectivity index (χ3v) is 5.51. The van der Waals surface area contributed by atoms with E-state index in [-0.39, 0.29) is 18.7 Å². The van der Waals surface area contributed by atoms with E-state index in [0.29, 0.717) is 34.1 Å².